The van der Waals surface area contributed by atoms with Crippen LogP contribution in [0, 0.1) is 0 Å². The Morgan fingerprint density at radius 2 is 1.74 bits per heavy atom. The molecule has 9 atom stereocenters. The fourth-order valence-electron chi connectivity index (χ4n) is 3.78. The Balaban J connectivity index is 2.38. The molecule has 2 saturated heterocycles. The average molecular weight is 451 g/mol. The van der Waals surface area contributed by atoms with Crippen LogP contribution in [0.5, 0.6) is 0 Å². The monoisotopic (exact) mass is 451 g/mol. The lowest BCUT2D eigenvalue weighted by Gasteiger charge is -2.49. The van der Waals surface area contributed by atoms with E-state index in [1.165, 1.54) is 20.8 Å². The van der Waals surface area contributed by atoms with Gasteiger partial charge in [-0.05, 0) is 27.7 Å². The second-order valence-electron chi connectivity index (χ2n) is 8.61. The number of nitrogens with one attached hydrogen (secondary N) is 1. The molecule has 2 aliphatic heterocycles. The number of aliphatic hydroxyl groups excluding tert-OH is 4. The highest BCUT2D eigenvalue weighted by molar-refractivity contribution is 5.74. The highest BCUT2D eigenvalue weighted by Crippen LogP contribution is 2.34. The van der Waals surface area contributed by atoms with E-state index in [2.05, 4.69) is 5.32 Å². The first-order chi connectivity index (χ1) is 14.3. The van der Waals surface area contributed by atoms with E-state index in [0.29, 0.717) is 0 Å². The summed E-state index contributed by atoms with van der Waals surface area (Å²) in [5, 5.41) is 53.3. The molecule has 180 valence electrons. The van der Waals surface area contributed by atoms with Crippen molar-refractivity contribution in [1.82, 2.24) is 5.32 Å². The maximum Gasteiger partial charge on any atom is 0.335 e. The summed E-state index contributed by atoms with van der Waals surface area (Å²) in [6.45, 7) is 6.86. The molecular formula is C19H33NO11. The maximum atomic E-state index is 11.8. The van der Waals surface area contributed by atoms with Crippen molar-refractivity contribution in [2.24, 2.45) is 0 Å². The highest BCUT2D eigenvalue weighted by atomic mass is 16.7. The van der Waals surface area contributed by atoms with Crippen molar-refractivity contribution in [3.8, 4) is 0 Å². The molecule has 2 heterocycles. The normalized spacial score (nSPS) is 40.5. The first-order valence-corrected chi connectivity index (χ1v) is 10.1. The van der Waals surface area contributed by atoms with Gasteiger partial charge < -0.3 is 49.8 Å². The number of rotatable bonds is 7. The molecule has 0 aromatic heterocycles. The van der Waals surface area contributed by atoms with Crippen LogP contribution in [0.4, 0.5) is 0 Å². The van der Waals surface area contributed by atoms with Gasteiger partial charge >= 0.3 is 5.97 Å². The number of aliphatic hydroxyl groups is 4. The van der Waals surface area contributed by atoms with Gasteiger partial charge in [-0.25, -0.2) is 4.79 Å². The standard InChI is InChI=1S/C19H33NO11/c1-7(2)28-13-10(20-8(3)22)18(29-9(6-21)11(13)23)30-14-12(24)16(25)19(4,5)31-15(14)17(26)27/h7,9-16,18,21,23-25H,6H2,1-5H3,(H,20,22)(H,26,27). The number of carbonyl (C=O) groups excluding carboxylic acids is 1. The van der Waals surface area contributed by atoms with Gasteiger partial charge in [0.1, 0.15) is 42.7 Å². The first kappa shape index (κ1) is 25.9. The van der Waals surface area contributed by atoms with Crippen molar-refractivity contribution < 1.29 is 54.1 Å². The van der Waals surface area contributed by atoms with Crippen LogP contribution in [0.25, 0.3) is 0 Å². The first-order valence-electron chi connectivity index (χ1n) is 10.1. The van der Waals surface area contributed by atoms with Crippen molar-refractivity contribution >= 4 is 11.9 Å². The molecule has 0 aromatic carbocycles. The van der Waals surface area contributed by atoms with Crippen molar-refractivity contribution in [1.29, 1.82) is 0 Å². The molecule has 9 unspecified atom stereocenters. The van der Waals surface area contributed by atoms with Gasteiger partial charge in [0, 0.05) is 6.92 Å². The van der Waals surface area contributed by atoms with Crippen LogP contribution in [0.2, 0.25) is 0 Å². The van der Waals surface area contributed by atoms with Gasteiger partial charge in [-0.2, -0.15) is 0 Å². The smallest absolute Gasteiger partial charge is 0.335 e. The fourth-order valence-corrected chi connectivity index (χ4v) is 3.78. The number of aliphatic carboxylic acids is 1. The number of hydrogen-bond donors (Lipinski definition) is 6. The topological polar surface area (TPSA) is 184 Å². The Hall–Kier alpha value is -1.38. The van der Waals surface area contributed by atoms with Crippen LogP contribution >= 0.6 is 0 Å². The molecule has 0 aliphatic carbocycles. The summed E-state index contributed by atoms with van der Waals surface area (Å²) in [5.74, 6) is -1.95. The number of carboxylic acid groups (broad SMARTS) is 1. The van der Waals surface area contributed by atoms with E-state index in [4.69, 9.17) is 18.9 Å². The number of carboxylic acids is 1. The van der Waals surface area contributed by atoms with Crippen molar-refractivity contribution in [2.75, 3.05) is 6.61 Å². The third kappa shape index (κ3) is 5.71. The molecule has 0 aromatic rings. The van der Waals surface area contributed by atoms with Crippen molar-refractivity contribution in [2.45, 2.75) is 101 Å². The molecule has 0 radical (unpaired) electrons. The van der Waals surface area contributed by atoms with E-state index in [0.717, 1.165) is 0 Å². The zero-order valence-electron chi connectivity index (χ0n) is 18.2. The summed E-state index contributed by atoms with van der Waals surface area (Å²) < 4.78 is 22.5. The molecule has 2 aliphatic rings. The van der Waals surface area contributed by atoms with Crippen LogP contribution < -0.4 is 5.32 Å². The minimum atomic E-state index is -1.67. The summed E-state index contributed by atoms with van der Waals surface area (Å²) in [6.07, 6.45) is -11.8. The lowest BCUT2D eigenvalue weighted by molar-refractivity contribution is -0.331. The summed E-state index contributed by atoms with van der Waals surface area (Å²) in [6, 6.07) is -1.12. The average Bonchev–Trinajstić information content (AvgIpc) is 2.65. The Kier molecular flexibility index (Phi) is 8.39. The van der Waals surface area contributed by atoms with Gasteiger partial charge in [0.2, 0.25) is 5.91 Å². The lowest BCUT2D eigenvalue weighted by Crippen LogP contribution is -2.69. The summed E-state index contributed by atoms with van der Waals surface area (Å²) in [5.41, 5.74) is -1.38. The summed E-state index contributed by atoms with van der Waals surface area (Å²) >= 11 is 0. The van der Waals surface area contributed by atoms with Gasteiger partial charge in [0.15, 0.2) is 12.4 Å². The molecule has 31 heavy (non-hydrogen) atoms. The Labute approximate surface area is 180 Å². The number of hydrogen-bond acceptors (Lipinski definition) is 10. The minimum absolute atomic E-state index is 0.382. The van der Waals surface area contributed by atoms with Gasteiger partial charge in [0.25, 0.3) is 0 Å². The molecule has 1 amide bonds. The predicted octanol–water partition coefficient (Wildman–Crippen LogP) is -2.27. The minimum Gasteiger partial charge on any atom is -0.479 e. The predicted molar refractivity (Wildman–Crippen MR) is 103 cm³/mol. The maximum absolute atomic E-state index is 11.8. The second-order valence-corrected chi connectivity index (χ2v) is 8.61. The number of amides is 1. The third-order valence-corrected chi connectivity index (χ3v) is 5.29. The van der Waals surface area contributed by atoms with Crippen molar-refractivity contribution in [3.63, 3.8) is 0 Å². The van der Waals surface area contributed by atoms with Crippen LogP contribution in [-0.4, -0.2) is 111 Å². The van der Waals surface area contributed by atoms with Gasteiger partial charge in [-0.3, -0.25) is 4.79 Å². The van der Waals surface area contributed by atoms with E-state index >= 15 is 0 Å². The van der Waals surface area contributed by atoms with Gasteiger partial charge in [0.05, 0.1) is 18.3 Å². The van der Waals surface area contributed by atoms with E-state index in [-0.39, 0.29) is 6.10 Å². The van der Waals surface area contributed by atoms with E-state index in [1.54, 1.807) is 13.8 Å². The number of ether oxygens (including phenoxy) is 4. The van der Waals surface area contributed by atoms with Crippen LogP contribution in [0.3, 0.4) is 0 Å². The van der Waals surface area contributed by atoms with Gasteiger partial charge in [-0.1, -0.05) is 0 Å². The van der Waals surface area contributed by atoms with Crippen molar-refractivity contribution in [3.05, 3.63) is 0 Å². The van der Waals surface area contributed by atoms with Gasteiger partial charge in [-0.15, -0.1) is 0 Å². The molecule has 2 fully saturated rings. The fraction of sp³-hybridized carbons (Fsp3) is 0.895. The Bertz CT molecular complexity index is 642. The summed E-state index contributed by atoms with van der Waals surface area (Å²) in [4.78, 5) is 23.6. The van der Waals surface area contributed by atoms with Crippen LogP contribution in [0.1, 0.15) is 34.6 Å². The largest absolute Gasteiger partial charge is 0.479 e. The Morgan fingerprint density at radius 1 is 1.13 bits per heavy atom. The summed E-state index contributed by atoms with van der Waals surface area (Å²) in [7, 11) is 0. The molecule has 0 bridgehead atoms. The third-order valence-electron chi connectivity index (χ3n) is 5.29. The van der Waals surface area contributed by atoms with E-state index < -0.39 is 79.1 Å². The van der Waals surface area contributed by atoms with Crippen LogP contribution in [0.15, 0.2) is 0 Å². The Morgan fingerprint density at radius 3 is 2.23 bits per heavy atom. The van der Waals surface area contributed by atoms with E-state index in [1.807, 2.05) is 0 Å². The zero-order valence-corrected chi connectivity index (χ0v) is 18.2. The highest BCUT2D eigenvalue weighted by Gasteiger charge is 2.55. The lowest BCUT2D eigenvalue weighted by atomic mass is 9.87. The molecule has 12 nitrogen and oxygen atoms in total. The molecular weight excluding hydrogens is 418 g/mol. The molecule has 2 rings (SSSR count). The molecule has 0 saturated carbocycles. The molecule has 6 N–H and O–H groups in total. The number of carbonyl (C=O) groups is 2. The molecule has 12 heteroatoms. The SMILES string of the molecule is CC(=O)NC1C(OC2C(C(=O)O)OC(C)(C)C(O)C2O)OC(CO)C(O)C1OC(C)C. The van der Waals surface area contributed by atoms with Crippen LogP contribution in [-0.2, 0) is 28.5 Å². The second kappa shape index (κ2) is 10.0. The molecule has 0 spiro atoms. The van der Waals surface area contributed by atoms with E-state index in [9.17, 15) is 35.1 Å². The quantitative estimate of drug-likeness (QED) is 0.245. The zero-order chi connectivity index (χ0) is 23.7.